The van der Waals surface area contributed by atoms with Gasteiger partial charge in [0.05, 0.1) is 6.61 Å². The molecule has 0 amide bonds. The van der Waals surface area contributed by atoms with Gasteiger partial charge in [-0.15, -0.1) is 4.40 Å². The number of hydrogen-bond donors (Lipinski definition) is 3. The summed E-state index contributed by atoms with van der Waals surface area (Å²) in [6.45, 7) is 7.10. The molecule has 2 heterocycles. The lowest BCUT2D eigenvalue weighted by Crippen LogP contribution is -2.49. The van der Waals surface area contributed by atoms with Crippen LogP contribution in [0.1, 0.15) is 18.9 Å². The van der Waals surface area contributed by atoms with Gasteiger partial charge in [0.15, 0.2) is 11.7 Å². The fourth-order valence-electron chi connectivity index (χ4n) is 3.01. The quantitative estimate of drug-likeness (QED) is 0.553. The predicted molar refractivity (Wildman–Crippen MR) is 105 cm³/mol. The topological polar surface area (TPSA) is 121 Å². The smallest absolute Gasteiger partial charge is 0.345 e. The predicted octanol–water partition coefficient (Wildman–Crippen LogP) is -0.147. The second-order valence-corrected chi connectivity index (χ2v) is 7.99. The molecule has 3 rings (SSSR count). The summed E-state index contributed by atoms with van der Waals surface area (Å²) in [7, 11) is -3.71. The second-order valence-electron chi connectivity index (χ2n) is 6.66. The molecule has 27 heavy (non-hydrogen) atoms. The van der Waals surface area contributed by atoms with Gasteiger partial charge in [0, 0.05) is 45.2 Å². The van der Waals surface area contributed by atoms with E-state index >= 15 is 0 Å². The van der Waals surface area contributed by atoms with Crippen LogP contribution in [0.15, 0.2) is 33.7 Å². The molecule has 1 aromatic carbocycles. The van der Waals surface area contributed by atoms with Gasteiger partial charge in [-0.1, -0.05) is 12.1 Å². The Morgan fingerprint density at radius 2 is 2.30 bits per heavy atom. The van der Waals surface area contributed by atoms with Crippen molar-refractivity contribution in [3.63, 3.8) is 0 Å². The average Bonchev–Trinajstić information content (AvgIpc) is 2.89. The van der Waals surface area contributed by atoms with E-state index in [1.54, 1.807) is 0 Å². The van der Waals surface area contributed by atoms with E-state index in [4.69, 9.17) is 10.5 Å². The molecule has 0 radical (unpaired) electrons. The molecule has 1 aromatic rings. The van der Waals surface area contributed by atoms with Crippen molar-refractivity contribution in [2.24, 2.45) is 15.1 Å². The molecular formula is C17H26N6O3S. The fraction of sp³-hybridized carbons (Fsp3) is 0.529. The van der Waals surface area contributed by atoms with Crippen molar-refractivity contribution in [3.8, 4) is 5.75 Å². The molecule has 9 nitrogen and oxygen atoms in total. The molecule has 1 fully saturated rings. The van der Waals surface area contributed by atoms with Crippen molar-refractivity contribution < 1.29 is 13.2 Å². The lowest BCUT2D eigenvalue weighted by Gasteiger charge is -2.33. The van der Waals surface area contributed by atoms with Gasteiger partial charge in [0.25, 0.3) is 0 Å². The van der Waals surface area contributed by atoms with Crippen LogP contribution in [0.25, 0.3) is 0 Å². The number of amidine groups is 2. The van der Waals surface area contributed by atoms with Crippen LogP contribution in [-0.2, 0) is 16.8 Å². The van der Waals surface area contributed by atoms with Gasteiger partial charge in [-0.25, -0.2) is 4.72 Å². The first-order valence-corrected chi connectivity index (χ1v) is 10.5. The van der Waals surface area contributed by atoms with Crippen LogP contribution in [0.5, 0.6) is 5.75 Å². The third kappa shape index (κ3) is 5.65. The minimum absolute atomic E-state index is 0.0992. The van der Waals surface area contributed by atoms with Gasteiger partial charge in [-0.2, -0.15) is 8.42 Å². The molecule has 0 saturated carbocycles. The summed E-state index contributed by atoms with van der Waals surface area (Å²) in [4.78, 5) is 6.57. The van der Waals surface area contributed by atoms with Crippen molar-refractivity contribution in [2.45, 2.75) is 25.9 Å². The monoisotopic (exact) mass is 394 g/mol. The molecule has 1 atom stereocenters. The van der Waals surface area contributed by atoms with E-state index in [-0.39, 0.29) is 11.7 Å². The Bertz CT molecular complexity index is 824. The highest BCUT2D eigenvalue weighted by Crippen LogP contribution is 2.17. The van der Waals surface area contributed by atoms with Crippen LogP contribution in [0.2, 0.25) is 0 Å². The van der Waals surface area contributed by atoms with E-state index in [2.05, 4.69) is 43.4 Å². The Morgan fingerprint density at radius 3 is 3.04 bits per heavy atom. The zero-order valence-corrected chi connectivity index (χ0v) is 16.2. The first-order valence-electron chi connectivity index (χ1n) is 9.02. The van der Waals surface area contributed by atoms with Gasteiger partial charge >= 0.3 is 10.2 Å². The molecule has 1 saturated heterocycles. The molecule has 0 spiro atoms. The minimum Gasteiger partial charge on any atom is -0.494 e. The van der Waals surface area contributed by atoms with E-state index in [0.29, 0.717) is 25.6 Å². The van der Waals surface area contributed by atoms with Gasteiger partial charge in [-0.05, 0) is 24.6 Å². The van der Waals surface area contributed by atoms with Crippen molar-refractivity contribution in [1.29, 1.82) is 0 Å². The third-order valence-electron chi connectivity index (χ3n) is 4.45. The number of nitrogens with one attached hydrogen (secondary N) is 2. The van der Waals surface area contributed by atoms with E-state index in [9.17, 15) is 8.42 Å². The Hall–Kier alpha value is -2.17. The Labute approximate surface area is 159 Å². The van der Waals surface area contributed by atoms with Crippen LogP contribution in [0.4, 0.5) is 0 Å². The van der Waals surface area contributed by atoms with Crippen molar-refractivity contribution in [1.82, 2.24) is 14.9 Å². The number of piperazine rings is 1. The number of rotatable bonds is 7. The zero-order valence-electron chi connectivity index (χ0n) is 15.4. The number of aliphatic imine (C=N–C) groups is 1. The number of benzene rings is 1. The van der Waals surface area contributed by atoms with Gasteiger partial charge < -0.3 is 15.8 Å². The lowest BCUT2D eigenvalue weighted by molar-refractivity contribution is 0.165. The van der Waals surface area contributed by atoms with E-state index < -0.39 is 10.2 Å². The Kier molecular flexibility index (Phi) is 6.30. The van der Waals surface area contributed by atoms with Crippen LogP contribution in [-0.4, -0.2) is 63.8 Å². The lowest BCUT2D eigenvalue weighted by atomic mass is 10.1. The van der Waals surface area contributed by atoms with Crippen LogP contribution in [0.3, 0.4) is 0 Å². The van der Waals surface area contributed by atoms with Crippen LogP contribution in [0, 0.1) is 0 Å². The normalized spacial score (nSPS) is 23.8. The summed E-state index contributed by atoms with van der Waals surface area (Å²) in [6, 6.07) is 8.64. The molecule has 2 aliphatic heterocycles. The SMILES string of the molecule is CC1CNCCN1Cc1cccc(OCCCN=C2NS(=O)(=O)N=C2N)c1. The molecule has 1 unspecified atom stereocenters. The highest BCUT2D eigenvalue weighted by Gasteiger charge is 2.23. The van der Waals surface area contributed by atoms with E-state index in [1.165, 1.54) is 5.56 Å². The molecule has 4 N–H and O–H groups in total. The number of nitrogens with two attached hydrogens (primary N) is 1. The first kappa shape index (κ1) is 19.6. The van der Waals surface area contributed by atoms with Crippen molar-refractivity contribution in [2.75, 3.05) is 32.8 Å². The summed E-state index contributed by atoms with van der Waals surface area (Å²) in [5, 5.41) is 3.40. The molecule has 148 valence electrons. The third-order valence-corrected chi connectivity index (χ3v) is 5.34. The van der Waals surface area contributed by atoms with Crippen molar-refractivity contribution >= 4 is 21.9 Å². The fourth-order valence-corrected chi connectivity index (χ4v) is 3.82. The van der Waals surface area contributed by atoms with Gasteiger partial charge in [0.2, 0.25) is 0 Å². The molecule has 2 aliphatic rings. The number of ether oxygens (including phenoxy) is 1. The zero-order chi connectivity index (χ0) is 19.3. The second kappa shape index (κ2) is 8.68. The Morgan fingerprint density at radius 1 is 1.44 bits per heavy atom. The van der Waals surface area contributed by atoms with Gasteiger partial charge in [0.1, 0.15) is 5.75 Å². The maximum Gasteiger partial charge on any atom is 0.345 e. The average molecular weight is 395 g/mol. The summed E-state index contributed by atoms with van der Waals surface area (Å²) in [5.41, 5.74) is 6.73. The summed E-state index contributed by atoms with van der Waals surface area (Å²) in [6.07, 6.45) is 0.636. The maximum atomic E-state index is 11.2. The summed E-state index contributed by atoms with van der Waals surface area (Å²) >= 11 is 0. The number of nitrogens with zero attached hydrogens (tertiary/aromatic N) is 3. The molecule has 10 heteroatoms. The van der Waals surface area contributed by atoms with Crippen molar-refractivity contribution in [3.05, 3.63) is 29.8 Å². The van der Waals surface area contributed by atoms with Crippen LogP contribution >= 0.6 is 0 Å². The highest BCUT2D eigenvalue weighted by molar-refractivity contribution is 7.89. The van der Waals surface area contributed by atoms with Crippen LogP contribution < -0.4 is 20.5 Å². The molecule has 0 aliphatic carbocycles. The number of hydrogen-bond acceptors (Lipinski definition) is 7. The van der Waals surface area contributed by atoms with Gasteiger partial charge in [-0.3, -0.25) is 9.89 Å². The Balaban J connectivity index is 1.44. The largest absolute Gasteiger partial charge is 0.494 e. The molecular weight excluding hydrogens is 368 g/mol. The maximum absolute atomic E-state index is 11.2. The van der Waals surface area contributed by atoms with E-state index in [1.807, 2.05) is 12.1 Å². The molecule has 0 bridgehead atoms. The summed E-state index contributed by atoms with van der Waals surface area (Å²) in [5.74, 6) is 0.818. The summed E-state index contributed by atoms with van der Waals surface area (Å²) < 4.78 is 33.7. The standard InChI is InChI=1S/C17H26N6O3S/c1-13-11-19-7-8-23(13)12-14-4-2-5-15(10-14)26-9-3-6-20-17-16(18)21-27(24,25)22-17/h2,4-5,10,13,19H,3,6-9,11-12H2,1H3,(H2,18,21)(H,20,22). The molecule has 0 aromatic heterocycles. The minimum atomic E-state index is -3.71. The first-order chi connectivity index (χ1) is 12.9. The highest BCUT2D eigenvalue weighted by atomic mass is 32.2. The van der Waals surface area contributed by atoms with E-state index in [0.717, 1.165) is 31.9 Å².